The van der Waals surface area contributed by atoms with E-state index in [1.165, 1.54) is 0 Å². The van der Waals surface area contributed by atoms with Crippen LogP contribution in [0.1, 0.15) is 27.9 Å². The lowest BCUT2D eigenvalue weighted by molar-refractivity contribution is -0.139. The summed E-state index contributed by atoms with van der Waals surface area (Å²) in [4.78, 5) is 22.7. The zero-order chi connectivity index (χ0) is 13.7. The number of hydrogen-bond donors (Lipinski definition) is 3. The number of carbonyl (C=O) groups excluding carboxylic acids is 1. The van der Waals surface area contributed by atoms with Crippen molar-refractivity contribution in [2.45, 2.75) is 26.3 Å². The van der Waals surface area contributed by atoms with Crippen LogP contribution < -0.4 is 5.32 Å². The van der Waals surface area contributed by atoms with E-state index in [0.717, 1.165) is 11.1 Å². The van der Waals surface area contributed by atoms with E-state index >= 15 is 0 Å². The average molecular weight is 251 g/mol. The first-order valence-corrected chi connectivity index (χ1v) is 5.67. The van der Waals surface area contributed by atoms with E-state index in [0.29, 0.717) is 5.56 Å². The molecule has 0 aliphatic heterocycles. The van der Waals surface area contributed by atoms with Crippen LogP contribution in [0.25, 0.3) is 0 Å². The Morgan fingerprint density at radius 1 is 1.28 bits per heavy atom. The fourth-order valence-electron chi connectivity index (χ4n) is 1.51. The third-order valence-corrected chi connectivity index (χ3v) is 2.79. The lowest BCUT2D eigenvalue weighted by atomic mass is 10.1. The van der Waals surface area contributed by atoms with Crippen molar-refractivity contribution in [1.82, 2.24) is 5.32 Å². The molecule has 0 bridgehead atoms. The summed E-state index contributed by atoms with van der Waals surface area (Å²) in [5.74, 6) is -1.60. The number of carbonyl (C=O) groups is 2. The number of amides is 1. The second-order valence-corrected chi connectivity index (χ2v) is 4.18. The lowest BCUT2D eigenvalue weighted by Gasteiger charge is -2.13. The molecule has 0 spiro atoms. The van der Waals surface area contributed by atoms with E-state index in [1.807, 2.05) is 19.9 Å². The van der Waals surface area contributed by atoms with Crippen molar-refractivity contribution < 1.29 is 19.8 Å². The standard InChI is InChI=1S/C13H17NO4/c1-8-3-4-10(7-9(8)2)12(16)14-11(5-6-15)13(17)18/h3-4,7,11,15H,5-6H2,1-2H3,(H,14,16)(H,17,18)/t11-/m1/s1. The Bertz CT molecular complexity index is 456. The normalized spacial score (nSPS) is 11.9. The topological polar surface area (TPSA) is 86.6 Å². The van der Waals surface area contributed by atoms with Crippen LogP contribution in [0.5, 0.6) is 0 Å². The number of nitrogens with one attached hydrogen (secondary N) is 1. The summed E-state index contributed by atoms with van der Waals surface area (Å²) >= 11 is 0. The van der Waals surface area contributed by atoms with Crippen molar-refractivity contribution in [2.75, 3.05) is 6.61 Å². The minimum Gasteiger partial charge on any atom is -0.480 e. The third kappa shape index (κ3) is 3.56. The summed E-state index contributed by atoms with van der Waals surface area (Å²) in [5, 5.41) is 20.0. The molecule has 1 atom stereocenters. The fraction of sp³-hybridized carbons (Fsp3) is 0.385. The van der Waals surface area contributed by atoms with Crippen molar-refractivity contribution in [3.63, 3.8) is 0 Å². The molecule has 1 rings (SSSR count). The molecule has 0 saturated heterocycles. The average Bonchev–Trinajstić information content (AvgIpc) is 2.31. The minimum atomic E-state index is -1.15. The molecule has 1 aromatic carbocycles. The molecule has 0 heterocycles. The maximum atomic E-state index is 11.8. The second-order valence-electron chi connectivity index (χ2n) is 4.18. The highest BCUT2D eigenvalue weighted by Gasteiger charge is 2.20. The number of carboxylic acids is 1. The number of hydrogen-bond acceptors (Lipinski definition) is 3. The van der Waals surface area contributed by atoms with Gasteiger partial charge in [0.15, 0.2) is 0 Å². The van der Waals surface area contributed by atoms with Gasteiger partial charge < -0.3 is 15.5 Å². The number of rotatable bonds is 5. The summed E-state index contributed by atoms with van der Waals surface area (Å²) in [7, 11) is 0. The zero-order valence-corrected chi connectivity index (χ0v) is 10.4. The molecule has 1 amide bonds. The summed E-state index contributed by atoms with van der Waals surface area (Å²) < 4.78 is 0. The molecule has 18 heavy (non-hydrogen) atoms. The van der Waals surface area contributed by atoms with E-state index < -0.39 is 17.9 Å². The van der Waals surface area contributed by atoms with Crippen LogP contribution in [0.3, 0.4) is 0 Å². The van der Waals surface area contributed by atoms with Crippen LogP contribution in [0.2, 0.25) is 0 Å². The van der Waals surface area contributed by atoms with E-state index in [9.17, 15) is 9.59 Å². The third-order valence-electron chi connectivity index (χ3n) is 2.79. The van der Waals surface area contributed by atoms with E-state index in [1.54, 1.807) is 12.1 Å². The van der Waals surface area contributed by atoms with Gasteiger partial charge in [0.1, 0.15) is 6.04 Å². The Hall–Kier alpha value is -1.88. The van der Waals surface area contributed by atoms with Crippen molar-refractivity contribution in [2.24, 2.45) is 0 Å². The van der Waals surface area contributed by atoms with Gasteiger partial charge in [-0.15, -0.1) is 0 Å². The maximum Gasteiger partial charge on any atom is 0.326 e. The Kier molecular flexibility index (Phi) is 4.85. The zero-order valence-electron chi connectivity index (χ0n) is 10.4. The lowest BCUT2D eigenvalue weighted by Crippen LogP contribution is -2.41. The monoisotopic (exact) mass is 251 g/mol. The van der Waals surface area contributed by atoms with Crippen LogP contribution in [0.15, 0.2) is 18.2 Å². The molecule has 98 valence electrons. The highest BCUT2D eigenvalue weighted by atomic mass is 16.4. The Morgan fingerprint density at radius 3 is 2.44 bits per heavy atom. The summed E-state index contributed by atoms with van der Waals surface area (Å²) in [5.41, 5.74) is 2.45. The first-order valence-electron chi connectivity index (χ1n) is 5.67. The molecule has 0 saturated carbocycles. The van der Waals surface area contributed by atoms with Gasteiger partial charge in [-0.1, -0.05) is 6.07 Å². The summed E-state index contributed by atoms with van der Waals surface area (Å²) in [6.45, 7) is 3.53. The van der Waals surface area contributed by atoms with Crippen LogP contribution in [0.4, 0.5) is 0 Å². The van der Waals surface area contributed by atoms with Gasteiger partial charge in [-0.05, 0) is 37.1 Å². The van der Waals surface area contributed by atoms with E-state index in [4.69, 9.17) is 10.2 Å². The molecular formula is C13H17NO4. The quantitative estimate of drug-likeness (QED) is 0.724. The van der Waals surface area contributed by atoms with Crippen LogP contribution in [-0.4, -0.2) is 34.7 Å². The predicted octanol–water partition coefficient (Wildman–Crippen LogP) is 0.869. The van der Waals surface area contributed by atoms with Gasteiger partial charge in [-0.2, -0.15) is 0 Å². The maximum absolute atomic E-state index is 11.8. The first-order chi connectivity index (χ1) is 8.45. The van der Waals surface area contributed by atoms with E-state index in [2.05, 4.69) is 5.32 Å². The number of aryl methyl sites for hydroxylation is 2. The Morgan fingerprint density at radius 2 is 1.94 bits per heavy atom. The van der Waals surface area contributed by atoms with Crippen LogP contribution >= 0.6 is 0 Å². The molecule has 1 aromatic rings. The van der Waals surface area contributed by atoms with Gasteiger partial charge in [0.25, 0.3) is 5.91 Å². The van der Waals surface area contributed by atoms with E-state index in [-0.39, 0.29) is 13.0 Å². The van der Waals surface area contributed by atoms with Crippen LogP contribution in [0, 0.1) is 13.8 Å². The SMILES string of the molecule is Cc1ccc(C(=O)N[C@H](CCO)C(=O)O)cc1C. The number of benzene rings is 1. The smallest absolute Gasteiger partial charge is 0.326 e. The van der Waals surface area contributed by atoms with Crippen molar-refractivity contribution in [3.8, 4) is 0 Å². The number of carboxylic acid groups (broad SMARTS) is 1. The summed E-state index contributed by atoms with van der Waals surface area (Å²) in [6.07, 6.45) is -0.00802. The molecule has 0 radical (unpaired) electrons. The number of aliphatic carboxylic acids is 1. The van der Waals surface area contributed by atoms with Gasteiger partial charge in [-0.3, -0.25) is 4.79 Å². The molecular weight excluding hydrogens is 234 g/mol. The minimum absolute atomic E-state index is 0.00802. The highest BCUT2D eigenvalue weighted by Crippen LogP contribution is 2.10. The summed E-state index contributed by atoms with van der Waals surface area (Å²) in [6, 6.07) is 4.11. The van der Waals surface area contributed by atoms with Gasteiger partial charge in [0, 0.05) is 18.6 Å². The van der Waals surface area contributed by atoms with Crippen LogP contribution in [-0.2, 0) is 4.79 Å². The number of aliphatic hydroxyl groups is 1. The molecule has 0 unspecified atom stereocenters. The van der Waals surface area contributed by atoms with Crippen molar-refractivity contribution in [3.05, 3.63) is 34.9 Å². The Labute approximate surface area is 105 Å². The fourth-order valence-corrected chi connectivity index (χ4v) is 1.51. The number of aliphatic hydroxyl groups excluding tert-OH is 1. The largest absolute Gasteiger partial charge is 0.480 e. The predicted molar refractivity (Wildman–Crippen MR) is 66.5 cm³/mol. The Balaban J connectivity index is 2.80. The van der Waals surface area contributed by atoms with Gasteiger partial charge >= 0.3 is 5.97 Å². The first kappa shape index (κ1) is 14.2. The molecule has 3 N–H and O–H groups in total. The highest BCUT2D eigenvalue weighted by molar-refractivity contribution is 5.96. The van der Waals surface area contributed by atoms with Gasteiger partial charge in [-0.25, -0.2) is 4.79 Å². The van der Waals surface area contributed by atoms with Gasteiger partial charge in [0.05, 0.1) is 0 Å². The van der Waals surface area contributed by atoms with Crippen molar-refractivity contribution >= 4 is 11.9 Å². The second kappa shape index (κ2) is 6.16. The van der Waals surface area contributed by atoms with Crippen molar-refractivity contribution in [1.29, 1.82) is 0 Å². The molecule has 0 aliphatic carbocycles. The molecule has 5 heteroatoms. The molecule has 0 aliphatic rings. The molecule has 0 fully saturated rings. The molecule has 5 nitrogen and oxygen atoms in total. The molecule has 0 aromatic heterocycles. The van der Waals surface area contributed by atoms with Gasteiger partial charge in [0.2, 0.25) is 0 Å².